The van der Waals surface area contributed by atoms with Crippen molar-refractivity contribution < 1.29 is 18.3 Å². The number of hydrogen-bond acceptors (Lipinski definition) is 8. The van der Waals surface area contributed by atoms with E-state index in [0.717, 1.165) is 112 Å². The normalized spacial score (nSPS) is 13.3. The zero-order valence-corrected chi connectivity index (χ0v) is 47.3. The molecule has 0 saturated carbocycles. The van der Waals surface area contributed by atoms with Gasteiger partial charge in [0.05, 0.1) is 0 Å². The molecular weight excluding hydrogens is 1080 g/mol. The Morgan fingerprint density at radius 1 is 0.227 bits per heavy atom. The zero-order chi connectivity index (χ0) is 57.6. The van der Waals surface area contributed by atoms with E-state index in [-0.39, 0.29) is 13.4 Å². The van der Waals surface area contributed by atoms with Crippen LogP contribution in [0.15, 0.2) is 300 Å². The molecular formula is C78H48B2N4O4. The molecule has 0 spiro atoms. The first kappa shape index (κ1) is 48.7. The van der Waals surface area contributed by atoms with Crippen molar-refractivity contribution in [2.75, 3.05) is 19.6 Å². The minimum atomic E-state index is -0.187. The Morgan fingerprint density at radius 3 is 0.955 bits per heavy atom. The van der Waals surface area contributed by atoms with E-state index in [0.29, 0.717) is 23.0 Å². The molecule has 0 N–H and O–H groups in total. The Hall–Kier alpha value is -11.6. The topological polar surface area (TPSA) is 57.7 Å². The second-order valence-corrected chi connectivity index (χ2v) is 23.1. The Labute approximate surface area is 507 Å². The summed E-state index contributed by atoms with van der Waals surface area (Å²) in [4.78, 5) is 9.80. The van der Waals surface area contributed by atoms with E-state index in [9.17, 15) is 0 Å². The average molecular weight is 1130 g/mol. The van der Waals surface area contributed by atoms with Crippen molar-refractivity contribution in [3.05, 3.63) is 291 Å². The fourth-order valence-corrected chi connectivity index (χ4v) is 14.7. The molecule has 0 bridgehead atoms. The molecule has 19 rings (SSSR count). The summed E-state index contributed by atoms with van der Waals surface area (Å²) in [6, 6.07) is 104. The van der Waals surface area contributed by atoms with Gasteiger partial charge in [0.1, 0.15) is 45.3 Å². The van der Waals surface area contributed by atoms with Gasteiger partial charge >= 0.3 is 0 Å². The van der Waals surface area contributed by atoms with Crippen LogP contribution in [0.25, 0.3) is 43.9 Å². The number of benzene rings is 13. The number of fused-ring (bicyclic) bond motifs is 14. The summed E-state index contributed by atoms with van der Waals surface area (Å²) in [5.74, 6) is 2.77. The molecule has 6 heterocycles. The number of hydrogen-bond donors (Lipinski definition) is 0. The van der Waals surface area contributed by atoms with Crippen molar-refractivity contribution >= 4 is 158 Å². The lowest BCUT2D eigenvalue weighted by Gasteiger charge is -2.47. The van der Waals surface area contributed by atoms with Crippen molar-refractivity contribution in [2.45, 2.75) is 0 Å². The maximum Gasteiger partial charge on any atom is 0.252 e. The third-order valence-corrected chi connectivity index (χ3v) is 18.2. The van der Waals surface area contributed by atoms with Gasteiger partial charge in [-0.05, 0) is 136 Å². The Bertz CT molecular complexity index is 5020. The molecule has 2 aromatic heterocycles. The molecule has 10 heteroatoms. The van der Waals surface area contributed by atoms with Crippen LogP contribution in [0.2, 0.25) is 0 Å². The van der Waals surface area contributed by atoms with Crippen LogP contribution in [0.4, 0.5) is 68.2 Å². The molecule has 0 saturated heterocycles. The maximum absolute atomic E-state index is 7.17. The number of rotatable bonds is 8. The average Bonchev–Trinajstić information content (AvgIpc) is 0.776. The third kappa shape index (κ3) is 7.29. The van der Waals surface area contributed by atoms with E-state index in [4.69, 9.17) is 18.3 Å². The number of nitrogens with zero attached hydrogens (tertiary/aromatic N) is 4. The number of ether oxygens (including phenoxy) is 2. The van der Waals surface area contributed by atoms with E-state index in [1.807, 2.05) is 36.4 Å². The molecule has 0 amide bonds. The third-order valence-electron chi connectivity index (χ3n) is 18.2. The smallest absolute Gasteiger partial charge is 0.252 e. The molecule has 8 nitrogen and oxygen atoms in total. The Kier molecular flexibility index (Phi) is 10.5. The maximum atomic E-state index is 7.17. The molecule has 0 fully saturated rings. The van der Waals surface area contributed by atoms with Crippen LogP contribution in [-0.2, 0) is 0 Å². The second-order valence-electron chi connectivity index (χ2n) is 23.1. The molecule has 0 atom stereocenters. The Balaban J connectivity index is 0.871. The van der Waals surface area contributed by atoms with Gasteiger partial charge in [-0.3, -0.25) is 0 Å². The van der Waals surface area contributed by atoms with Crippen LogP contribution >= 0.6 is 0 Å². The predicted octanol–water partition coefficient (Wildman–Crippen LogP) is 17.2. The molecule has 0 unspecified atom stereocenters. The summed E-state index contributed by atoms with van der Waals surface area (Å²) in [5, 5.41) is 4.25. The van der Waals surface area contributed by atoms with E-state index in [2.05, 4.69) is 274 Å². The van der Waals surface area contributed by atoms with Gasteiger partial charge in [-0.2, -0.15) is 0 Å². The summed E-state index contributed by atoms with van der Waals surface area (Å²) in [7, 11) is 0. The number of furan rings is 2. The first-order valence-electron chi connectivity index (χ1n) is 29.9. The highest BCUT2D eigenvalue weighted by Crippen LogP contribution is 2.51. The van der Waals surface area contributed by atoms with E-state index in [1.54, 1.807) is 0 Å². The van der Waals surface area contributed by atoms with Crippen molar-refractivity contribution in [1.82, 2.24) is 0 Å². The summed E-state index contributed by atoms with van der Waals surface area (Å²) >= 11 is 0. The predicted molar refractivity (Wildman–Crippen MR) is 362 cm³/mol. The Morgan fingerprint density at radius 2 is 0.557 bits per heavy atom. The minimum Gasteiger partial charge on any atom is -0.457 e. The van der Waals surface area contributed by atoms with Gasteiger partial charge in [0.15, 0.2) is 0 Å². The fourth-order valence-electron chi connectivity index (χ4n) is 14.7. The molecule has 410 valence electrons. The molecule has 4 aliphatic rings. The second kappa shape index (κ2) is 18.9. The highest BCUT2D eigenvalue weighted by atomic mass is 16.5. The summed E-state index contributed by atoms with van der Waals surface area (Å²) in [5.41, 5.74) is 23.2. The van der Waals surface area contributed by atoms with Crippen LogP contribution in [0.3, 0.4) is 0 Å². The molecule has 0 radical (unpaired) electrons. The van der Waals surface area contributed by atoms with Crippen LogP contribution in [-0.4, -0.2) is 13.4 Å². The molecule has 15 aromatic rings. The molecule has 13 aromatic carbocycles. The lowest BCUT2D eigenvalue weighted by Crippen LogP contribution is -2.65. The van der Waals surface area contributed by atoms with E-state index in [1.165, 1.54) is 32.8 Å². The van der Waals surface area contributed by atoms with Crippen LogP contribution in [0, 0.1) is 0 Å². The van der Waals surface area contributed by atoms with Crippen LogP contribution in [0.1, 0.15) is 0 Å². The van der Waals surface area contributed by atoms with Crippen molar-refractivity contribution in [3.8, 4) is 23.0 Å². The fraction of sp³-hybridized carbons (Fsp3) is 0. The standard InChI is InChI=1S/C78H48B2N4O4/c1-5-21-49(22-6-1)81-65-33-17-15-31-61(65)79-63-47-64-68(48-67(63)83(51-25-9-3-10-26-51)71-43-55(41-69(81)77(71)79)85-53-37-39-59-57-29-13-19-35-73(57)87-75(59)45-53)84(52-27-11-4-12-28-52)72-44-56(86-54-38-40-60-58-30-14-20-36-74(58)88-76(60)46-54)42-70-78(72)80(64)62-32-16-18-34-66(62)82(70)50-23-7-2-8-24-50/h1-48H. The largest absolute Gasteiger partial charge is 0.457 e. The summed E-state index contributed by atoms with van der Waals surface area (Å²) in [6.45, 7) is -0.374. The lowest BCUT2D eigenvalue weighted by atomic mass is 9.30. The van der Waals surface area contributed by atoms with Crippen LogP contribution < -0.4 is 61.9 Å². The van der Waals surface area contributed by atoms with E-state index >= 15 is 0 Å². The highest BCUT2D eigenvalue weighted by Gasteiger charge is 2.48. The van der Waals surface area contributed by atoms with Gasteiger partial charge in [-0.1, -0.05) is 152 Å². The summed E-state index contributed by atoms with van der Waals surface area (Å²) in [6.07, 6.45) is 0. The molecule has 88 heavy (non-hydrogen) atoms. The number of para-hydroxylation sites is 8. The highest BCUT2D eigenvalue weighted by molar-refractivity contribution is 7.03. The van der Waals surface area contributed by atoms with Crippen LogP contribution in [0.5, 0.6) is 23.0 Å². The van der Waals surface area contributed by atoms with Gasteiger partial charge < -0.3 is 37.9 Å². The summed E-state index contributed by atoms with van der Waals surface area (Å²) < 4.78 is 27.2. The van der Waals surface area contributed by atoms with Crippen molar-refractivity contribution in [1.29, 1.82) is 0 Å². The SMILES string of the molecule is c1ccc(N2c3ccccc3B3c4cc5c(cc4N(c4ccccc4)c4cc(Oc6ccc7c(c6)oc6ccccc67)cc2c43)N(c2ccccc2)c2cc(Oc3ccc4c(c3)oc3ccccc34)cc3c2B5c2ccccc2N3c2ccccc2)cc1. The van der Waals surface area contributed by atoms with Gasteiger partial charge in [0, 0.05) is 126 Å². The monoisotopic (exact) mass is 1130 g/mol. The number of anilines is 12. The van der Waals surface area contributed by atoms with Gasteiger partial charge in [-0.25, -0.2) is 0 Å². The molecule has 0 aliphatic carbocycles. The zero-order valence-electron chi connectivity index (χ0n) is 47.3. The van der Waals surface area contributed by atoms with Gasteiger partial charge in [0.25, 0.3) is 13.4 Å². The first-order valence-corrected chi connectivity index (χ1v) is 29.9. The first-order chi connectivity index (χ1) is 43.6. The molecule has 4 aliphatic heterocycles. The van der Waals surface area contributed by atoms with Gasteiger partial charge in [0.2, 0.25) is 0 Å². The minimum absolute atomic E-state index is 0.187. The van der Waals surface area contributed by atoms with Crippen molar-refractivity contribution in [2.24, 2.45) is 0 Å². The quantitative estimate of drug-likeness (QED) is 0.140. The lowest BCUT2D eigenvalue weighted by molar-refractivity contribution is 0.482. The van der Waals surface area contributed by atoms with Gasteiger partial charge in [-0.15, -0.1) is 0 Å². The van der Waals surface area contributed by atoms with E-state index < -0.39 is 0 Å². The van der Waals surface area contributed by atoms with Crippen molar-refractivity contribution in [3.63, 3.8) is 0 Å².